The molecule has 0 aromatic carbocycles. The molecule has 1 atom stereocenters. The summed E-state index contributed by atoms with van der Waals surface area (Å²) in [6.07, 6.45) is 8.14. The van der Waals surface area contributed by atoms with E-state index in [0.717, 1.165) is 25.1 Å². The predicted octanol–water partition coefficient (Wildman–Crippen LogP) is 2.83. The summed E-state index contributed by atoms with van der Waals surface area (Å²) in [5.41, 5.74) is 0.536. The van der Waals surface area contributed by atoms with Crippen molar-refractivity contribution in [3.63, 3.8) is 0 Å². The van der Waals surface area contributed by atoms with Gasteiger partial charge in [-0.15, -0.1) is 24.0 Å². The van der Waals surface area contributed by atoms with Gasteiger partial charge in [0, 0.05) is 32.2 Å². The van der Waals surface area contributed by atoms with Gasteiger partial charge in [-0.3, -0.25) is 9.89 Å². The van der Waals surface area contributed by atoms with Crippen LogP contribution in [0.3, 0.4) is 0 Å². The molecule has 2 fully saturated rings. The van der Waals surface area contributed by atoms with E-state index in [2.05, 4.69) is 41.4 Å². The quantitative estimate of drug-likeness (QED) is 0.387. The average molecular weight is 408 g/mol. The van der Waals surface area contributed by atoms with E-state index in [1.807, 2.05) is 7.05 Å². The van der Waals surface area contributed by atoms with Crippen LogP contribution in [0.15, 0.2) is 4.99 Å². The minimum absolute atomic E-state index is 0. The van der Waals surface area contributed by atoms with E-state index in [4.69, 9.17) is 0 Å². The van der Waals surface area contributed by atoms with Gasteiger partial charge in [-0.05, 0) is 51.5 Å². The molecule has 0 bridgehead atoms. The van der Waals surface area contributed by atoms with Gasteiger partial charge in [0.1, 0.15) is 0 Å². The summed E-state index contributed by atoms with van der Waals surface area (Å²) < 4.78 is 0. The molecule has 2 aliphatic carbocycles. The number of rotatable bonds is 7. The van der Waals surface area contributed by atoms with Crippen LogP contribution in [-0.4, -0.2) is 50.1 Å². The van der Waals surface area contributed by atoms with Crippen LogP contribution in [0.1, 0.15) is 52.4 Å². The summed E-state index contributed by atoms with van der Waals surface area (Å²) in [7, 11) is 4.10. The van der Waals surface area contributed by atoms with E-state index < -0.39 is 0 Å². The molecule has 0 saturated heterocycles. The molecule has 0 aromatic heterocycles. The van der Waals surface area contributed by atoms with Crippen molar-refractivity contribution in [2.24, 2.45) is 10.4 Å². The fourth-order valence-electron chi connectivity index (χ4n) is 3.05. The zero-order valence-corrected chi connectivity index (χ0v) is 16.4. The maximum atomic E-state index is 4.35. The van der Waals surface area contributed by atoms with Crippen molar-refractivity contribution in [2.45, 2.75) is 64.5 Å². The van der Waals surface area contributed by atoms with Crippen LogP contribution in [0.25, 0.3) is 0 Å². The highest BCUT2D eigenvalue weighted by Gasteiger charge is 2.35. The maximum absolute atomic E-state index is 4.35. The van der Waals surface area contributed by atoms with Gasteiger partial charge >= 0.3 is 0 Å². The van der Waals surface area contributed by atoms with E-state index in [0.29, 0.717) is 11.5 Å². The minimum Gasteiger partial charge on any atom is -0.356 e. The summed E-state index contributed by atoms with van der Waals surface area (Å²) in [6.45, 7) is 6.63. The number of nitrogens with zero attached hydrogens (tertiary/aromatic N) is 2. The Labute approximate surface area is 147 Å². The Bertz CT molecular complexity index is 332. The van der Waals surface area contributed by atoms with Gasteiger partial charge in [0.2, 0.25) is 0 Å². The lowest BCUT2D eigenvalue weighted by molar-refractivity contribution is 0.131. The highest BCUT2D eigenvalue weighted by atomic mass is 127. The minimum atomic E-state index is 0. The monoisotopic (exact) mass is 408 g/mol. The summed E-state index contributed by atoms with van der Waals surface area (Å²) in [5.74, 6) is 0.959. The van der Waals surface area contributed by atoms with E-state index in [-0.39, 0.29) is 24.0 Å². The van der Waals surface area contributed by atoms with Crippen LogP contribution in [0.4, 0.5) is 0 Å². The fraction of sp³-hybridized carbons (Fsp3) is 0.938. The molecule has 2 saturated carbocycles. The summed E-state index contributed by atoms with van der Waals surface area (Å²) >= 11 is 0. The number of hydrogen-bond acceptors (Lipinski definition) is 2. The molecule has 5 heteroatoms. The lowest BCUT2D eigenvalue weighted by Crippen LogP contribution is -2.49. The van der Waals surface area contributed by atoms with Crippen LogP contribution in [0, 0.1) is 5.41 Å². The summed E-state index contributed by atoms with van der Waals surface area (Å²) in [5, 5.41) is 7.00. The summed E-state index contributed by atoms with van der Waals surface area (Å²) in [6, 6.07) is 1.38. The van der Waals surface area contributed by atoms with Gasteiger partial charge in [-0.2, -0.15) is 0 Å². The van der Waals surface area contributed by atoms with Gasteiger partial charge in [0.25, 0.3) is 0 Å². The van der Waals surface area contributed by atoms with Crippen molar-refractivity contribution < 1.29 is 0 Å². The SMILES string of the molecule is CCC1(CNC(=NC)NCC(C)N(C)C2CC2)CCC1.I. The highest BCUT2D eigenvalue weighted by molar-refractivity contribution is 14.0. The van der Waals surface area contributed by atoms with Gasteiger partial charge < -0.3 is 10.6 Å². The Morgan fingerprint density at radius 2 is 2.00 bits per heavy atom. The smallest absolute Gasteiger partial charge is 0.191 e. The zero-order valence-electron chi connectivity index (χ0n) is 14.1. The Morgan fingerprint density at radius 3 is 2.43 bits per heavy atom. The Kier molecular flexibility index (Phi) is 7.74. The lowest BCUT2D eigenvalue weighted by Gasteiger charge is -2.41. The molecule has 0 radical (unpaired) electrons. The number of hydrogen-bond donors (Lipinski definition) is 2. The zero-order chi connectivity index (χ0) is 14.6. The number of likely N-dealkylation sites (N-methyl/N-ethyl adjacent to an activating group) is 1. The van der Waals surface area contributed by atoms with E-state index in [1.165, 1.54) is 38.5 Å². The van der Waals surface area contributed by atoms with Crippen LogP contribution in [0.5, 0.6) is 0 Å². The van der Waals surface area contributed by atoms with Crippen molar-refractivity contribution in [3.8, 4) is 0 Å². The molecule has 1 unspecified atom stereocenters. The number of nitrogens with one attached hydrogen (secondary N) is 2. The first-order chi connectivity index (χ1) is 9.60. The van der Waals surface area contributed by atoms with Crippen LogP contribution >= 0.6 is 24.0 Å². The molecular weight excluding hydrogens is 375 g/mol. The molecule has 0 amide bonds. The van der Waals surface area contributed by atoms with Crippen molar-refractivity contribution in [3.05, 3.63) is 0 Å². The van der Waals surface area contributed by atoms with Crippen molar-refractivity contribution >= 4 is 29.9 Å². The van der Waals surface area contributed by atoms with Gasteiger partial charge in [0.15, 0.2) is 5.96 Å². The van der Waals surface area contributed by atoms with Crippen LogP contribution in [-0.2, 0) is 0 Å². The molecule has 2 aliphatic rings. The Morgan fingerprint density at radius 1 is 1.33 bits per heavy atom. The standard InChI is InChI=1S/C16H32N4.HI/c1-5-16(9-6-10-16)12-19-15(17-3)18-11-13(2)20(4)14-7-8-14;/h13-14H,5-12H2,1-4H3,(H2,17,18,19);1H. The first-order valence-corrected chi connectivity index (χ1v) is 8.26. The third-order valence-corrected chi connectivity index (χ3v) is 5.40. The first kappa shape index (κ1) is 19.0. The van der Waals surface area contributed by atoms with Crippen molar-refractivity contribution in [1.29, 1.82) is 0 Å². The average Bonchev–Trinajstić information content (AvgIpc) is 3.24. The normalized spacial score (nSPS) is 22.2. The highest BCUT2D eigenvalue weighted by Crippen LogP contribution is 2.42. The van der Waals surface area contributed by atoms with Crippen LogP contribution < -0.4 is 10.6 Å². The second-order valence-corrected chi connectivity index (χ2v) is 6.76. The lowest BCUT2D eigenvalue weighted by atomic mass is 9.67. The maximum Gasteiger partial charge on any atom is 0.191 e. The Balaban J connectivity index is 0.00000220. The molecule has 0 aliphatic heterocycles. The molecule has 21 heavy (non-hydrogen) atoms. The third kappa shape index (κ3) is 5.27. The molecule has 2 rings (SSSR count). The van der Waals surface area contributed by atoms with Gasteiger partial charge in [-0.1, -0.05) is 13.3 Å². The Hall–Kier alpha value is -0.0400. The molecule has 124 valence electrons. The van der Waals surface area contributed by atoms with Gasteiger partial charge in [0.05, 0.1) is 0 Å². The largest absolute Gasteiger partial charge is 0.356 e. The number of guanidine groups is 1. The van der Waals surface area contributed by atoms with E-state index in [9.17, 15) is 0 Å². The van der Waals surface area contributed by atoms with Crippen molar-refractivity contribution in [1.82, 2.24) is 15.5 Å². The second-order valence-electron chi connectivity index (χ2n) is 6.76. The van der Waals surface area contributed by atoms with Crippen LogP contribution in [0.2, 0.25) is 0 Å². The second kappa shape index (κ2) is 8.56. The topological polar surface area (TPSA) is 39.7 Å². The number of aliphatic imine (C=N–C) groups is 1. The molecule has 0 spiro atoms. The van der Waals surface area contributed by atoms with E-state index >= 15 is 0 Å². The molecule has 0 heterocycles. The first-order valence-electron chi connectivity index (χ1n) is 8.26. The molecule has 4 nitrogen and oxygen atoms in total. The van der Waals surface area contributed by atoms with E-state index in [1.54, 1.807) is 0 Å². The fourth-order valence-corrected chi connectivity index (χ4v) is 3.05. The molecule has 0 aromatic rings. The van der Waals surface area contributed by atoms with Crippen molar-refractivity contribution in [2.75, 3.05) is 27.2 Å². The third-order valence-electron chi connectivity index (χ3n) is 5.40. The summed E-state index contributed by atoms with van der Waals surface area (Å²) in [4.78, 5) is 6.84. The molecule has 2 N–H and O–H groups in total. The predicted molar refractivity (Wildman–Crippen MR) is 102 cm³/mol. The molecular formula is C16H33IN4. The number of halogens is 1. The van der Waals surface area contributed by atoms with Gasteiger partial charge in [-0.25, -0.2) is 0 Å².